The van der Waals surface area contributed by atoms with E-state index in [4.69, 9.17) is 16.3 Å². The van der Waals surface area contributed by atoms with E-state index in [1.807, 2.05) is 55.7 Å². The van der Waals surface area contributed by atoms with Crippen molar-refractivity contribution in [3.05, 3.63) is 102 Å². The van der Waals surface area contributed by atoms with Gasteiger partial charge in [0.1, 0.15) is 17.3 Å². The van der Waals surface area contributed by atoms with Crippen LogP contribution in [-0.4, -0.2) is 30.0 Å². The van der Waals surface area contributed by atoms with Gasteiger partial charge in [-0.05, 0) is 60.4 Å². The van der Waals surface area contributed by atoms with Crippen LogP contribution in [0.3, 0.4) is 0 Å². The van der Waals surface area contributed by atoms with E-state index in [0.717, 1.165) is 53.7 Å². The Labute approximate surface area is 200 Å². The largest absolute Gasteiger partial charge is 0.457 e. The number of nitrogens with zero attached hydrogens (tertiary/aromatic N) is 1. The van der Waals surface area contributed by atoms with Crippen LogP contribution in [0.1, 0.15) is 17.5 Å². The van der Waals surface area contributed by atoms with Crippen LogP contribution >= 0.6 is 11.6 Å². The maximum Gasteiger partial charge on any atom is 0.129 e. The first-order valence-electron chi connectivity index (χ1n) is 10.9. The number of anilines is 2. The Morgan fingerprint density at radius 1 is 1.12 bits per heavy atom. The minimum atomic E-state index is 0.643. The number of benzene rings is 2. The lowest BCUT2D eigenvalue weighted by atomic mass is 9.94. The fourth-order valence-corrected chi connectivity index (χ4v) is 4.19. The number of H-pyrrole nitrogens is 1. The minimum absolute atomic E-state index is 0.643. The lowest BCUT2D eigenvalue weighted by Gasteiger charge is -2.31. The van der Waals surface area contributed by atoms with E-state index < -0.39 is 0 Å². The number of rotatable bonds is 8. The number of aromatic nitrogens is 1. The fourth-order valence-electron chi connectivity index (χ4n) is 4.01. The predicted molar refractivity (Wildman–Crippen MR) is 139 cm³/mol. The maximum absolute atomic E-state index is 6.05. The van der Waals surface area contributed by atoms with Gasteiger partial charge in [0.25, 0.3) is 0 Å². The normalized spacial score (nSPS) is 13.3. The molecule has 0 amide bonds. The first-order valence-corrected chi connectivity index (χ1v) is 11.3. The van der Waals surface area contributed by atoms with E-state index in [1.165, 1.54) is 11.1 Å². The number of aromatic amines is 1. The summed E-state index contributed by atoms with van der Waals surface area (Å²) < 4.78 is 5.94. The SMILES string of the molecule is C=C(C1=CCN(C(=C)Nc2cccc(Oc3cccc(Cl)c3)c2)CC1)c1c(C)c[nH]c1NC. The van der Waals surface area contributed by atoms with Crippen LogP contribution in [0, 0.1) is 6.92 Å². The molecule has 0 spiro atoms. The van der Waals surface area contributed by atoms with Crippen molar-refractivity contribution in [2.45, 2.75) is 13.3 Å². The highest BCUT2D eigenvalue weighted by atomic mass is 35.5. The van der Waals surface area contributed by atoms with Crippen molar-refractivity contribution in [1.29, 1.82) is 0 Å². The number of ether oxygens (including phenoxy) is 1. The van der Waals surface area contributed by atoms with Crippen LogP contribution in [0.4, 0.5) is 11.5 Å². The molecule has 0 saturated carbocycles. The van der Waals surface area contributed by atoms with Crippen molar-refractivity contribution in [2.24, 2.45) is 0 Å². The highest BCUT2D eigenvalue weighted by Gasteiger charge is 2.19. The van der Waals surface area contributed by atoms with Gasteiger partial charge in [0.2, 0.25) is 0 Å². The highest BCUT2D eigenvalue weighted by Crippen LogP contribution is 2.34. The Kier molecular flexibility index (Phi) is 6.80. The highest BCUT2D eigenvalue weighted by molar-refractivity contribution is 6.30. The molecule has 0 saturated heterocycles. The smallest absolute Gasteiger partial charge is 0.129 e. The van der Waals surface area contributed by atoms with E-state index >= 15 is 0 Å². The summed E-state index contributed by atoms with van der Waals surface area (Å²) in [6.45, 7) is 12.4. The van der Waals surface area contributed by atoms with Gasteiger partial charge in [-0.25, -0.2) is 0 Å². The molecule has 0 bridgehead atoms. The van der Waals surface area contributed by atoms with Gasteiger partial charge in [-0.15, -0.1) is 0 Å². The molecule has 0 atom stereocenters. The Morgan fingerprint density at radius 3 is 2.58 bits per heavy atom. The van der Waals surface area contributed by atoms with Gasteiger partial charge in [-0.3, -0.25) is 0 Å². The molecule has 4 rings (SSSR count). The molecular weight excluding hydrogens is 432 g/mol. The van der Waals surface area contributed by atoms with Gasteiger partial charge < -0.3 is 25.3 Å². The zero-order chi connectivity index (χ0) is 23.4. The number of nitrogens with one attached hydrogen (secondary N) is 3. The third-order valence-corrected chi connectivity index (χ3v) is 6.00. The van der Waals surface area contributed by atoms with E-state index in [-0.39, 0.29) is 0 Å². The molecule has 1 aliphatic rings. The summed E-state index contributed by atoms with van der Waals surface area (Å²) in [4.78, 5) is 5.50. The quantitative estimate of drug-likeness (QED) is 0.337. The van der Waals surface area contributed by atoms with Gasteiger partial charge in [0, 0.05) is 48.7 Å². The van der Waals surface area contributed by atoms with Gasteiger partial charge in [0.15, 0.2) is 0 Å². The molecule has 33 heavy (non-hydrogen) atoms. The molecule has 3 N–H and O–H groups in total. The van der Waals surface area contributed by atoms with Crippen LogP contribution in [0.5, 0.6) is 11.5 Å². The first-order chi connectivity index (χ1) is 15.9. The molecular formula is C27H29ClN4O. The van der Waals surface area contributed by atoms with Crippen molar-refractivity contribution in [3.63, 3.8) is 0 Å². The second-order valence-corrected chi connectivity index (χ2v) is 8.47. The molecule has 0 unspecified atom stereocenters. The van der Waals surface area contributed by atoms with E-state index in [9.17, 15) is 0 Å². The lowest BCUT2D eigenvalue weighted by molar-refractivity contribution is 0.376. The lowest BCUT2D eigenvalue weighted by Crippen LogP contribution is -2.31. The summed E-state index contributed by atoms with van der Waals surface area (Å²) in [5.41, 5.74) is 5.61. The average Bonchev–Trinajstić information content (AvgIpc) is 3.19. The average molecular weight is 461 g/mol. The summed E-state index contributed by atoms with van der Waals surface area (Å²) in [6.07, 6.45) is 5.16. The van der Waals surface area contributed by atoms with Gasteiger partial charge >= 0.3 is 0 Å². The van der Waals surface area contributed by atoms with E-state index in [1.54, 1.807) is 6.07 Å². The van der Waals surface area contributed by atoms with Gasteiger partial charge in [0.05, 0.1) is 5.82 Å². The topological polar surface area (TPSA) is 52.3 Å². The molecule has 2 aromatic carbocycles. The van der Waals surface area contributed by atoms with Crippen LogP contribution in [-0.2, 0) is 0 Å². The number of halogens is 1. The number of aryl methyl sites for hydroxylation is 1. The maximum atomic E-state index is 6.05. The standard InChI is InChI=1S/C27H29ClN4O/c1-18-17-30-27(29-4)26(18)19(2)21-11-13-32(14-12-21)20(3)31-23-8-6-10-25(16-23)33-24-9-5-7-22(28)15-24/h5-11,15-17,29-31H,2-3,12-14H2,1,4H3. The first kappa shape index (κ1) is 22.6. The second kappa shape index (κ2) is 9.92. The molecule has 6 heteroatoms. The molecule has 3 aromatic rings. The Hall–Kier alpha value is -3.57. The van der Waals surface area contributed by atoms with Crippen molar-refractivity contribution in [1.82, 2.24) is 9.88 Å². The van der Waals surface area contributed by atoms with Crippen molar-refractivity contribution in [3.8, 4) is 11.5 Å². The van der Waals surface area contributed by atoms with E-state index in [0.29, 0.717) is 10.8 Å². The van der Waals surface area contributed by atoms with Crippen molar-refractivity contribution >= 4 is 28.7 Å². The van der Waals surface area contributed by atoms with Gasteiger partial charge in [-0.1, -0.05) is 43.0 Å². The number of hydrogen-bond acceptors (Lipinski definition) is 4. The summed E-state index contributed by atoms with van der Waals surface area (Å²) >= 11 is 6.05. The van der Waals surface area contributed by atoms with E-state index in [2.05, 4.69) is 46.7 Å². The van der Waals surface area contributed by atoms with Crippen LogP contribution in [0.2, 0.25) is 5.02 Å². The molecule has 0 aliphatic carbocycles. The Bertz CT molecular complexity index is 1210. The molecule has 170 valence electrons. The predicted octanol–water partition coefficient (Wildman–Crippen LogP) is 7.04. The zero-order valence-corrected chi connectivity index (χ0v) is 19.8. The molecule has 5 nitrogen and oxygen atoms in total. The fraction of sp³-hybridized carbons (Fsp3) is 0.185. The summed E-state index contributed by atoms with van der Waals surface area (Å²) in [5.74, 6) is 3.29. The number of hydrogen-bond donors (Lipinski definition) is 3. The van der Waals surface area contributed by atoms with Crippen LogP contribution in [0.15, 0.2) is 85.4 Å². The molecule has 0 fully saturated rings. The van der Waals surface area contributed by atoms with Crippen LogP contribution in [0.25, 0.3) is 5.57 Å². The molecule has 2 heterocycles. The molecule has 1 aromatic heterocycles. The Balaban J connectivity index is 1.39. The third kappa shape index (κ3) is 5.26. The zero-order valence-electron chi connectivity index (χ0n) is 19.0. The van der Waals surface area contributed by atoms with Gasteiger partial charge in [-0.2, -0.15) is 0 Å². The van der Waals surface area contributed by atoms with Crippen molar-refractivity contribution < 1.29 is 4.74 Å². The van der Waals surface area contributed by atoms with Crippen LogP contribution < -0.4 is 15.4 Å². The van der Waals surface area contributed by atoms with Crippen molar-refractivity contribution in [2.75, 3.05) is 30.8 Å². The second-order valence-electron chi connectivity index (χ2n) is 8.03. The minimum Gasteiger partial charge on any atom is -0.457 e. The monoisotopic (exact) mass is 460 g/mol. The number of allylic oxidation sites excluding steroid dienone is 1. The summed E-state index contributed by atoms with van der Waals surface area (Å²) in [7, 11) is 1.92. The third-order valence-electron chi connectivity index (χ3n) is 5.76. The summed E-state index contributed by atoms with van der Waals surface area (Å²) in [6, 6.07) is 15.2. The Morgan fingerprint density at radius 2 is 1.88 bits per heavy atom. The molecule has 0 radical (unpaired) electrons. The summed E-state index contributed by atoms with van der Waals surface area (Å²) in [5, 5.41) is 7.27. The molecule has 1 aliphatic heterocycles.